The first-order chi connectivity index (χ1) is 9.42. The van der Waals surface area contributed by atoms with Gasteiger partial charge in [0.15, 0.2) is 0 Å². The van der Waals surface area contributed by atoms with Crippen LogP contribution < -0.4 is 20.9 Å². The van der Waals surface area contributed by atoms with Crippen LogP contribution in [-0.2, 0) is 4.79 Å². The van der Waals surface area contributed by atoms with E-state index < -0.39 is 0 Å². The average Bonchev–Trinajstić information content (AvgIpc) is 2.42. The summed E-state index contributed by atoms with van der Waals surface area (Å²) in [6, 6.07) is 0. The molecular formula is C12H23N7O. The highest BCUT2D eigenvalue weighted by atomic mass is 16.1. The van der Waals surface area contributed by atoms with E-state index in [1.54, 1.807) is 11.9 Å². The van der Waals surface area contributed by atoms with Gasteiger partial charge in [-0.2, -0.15) is 15.0 Å². The molecule has 0 aliphatic rings. The molecule has 1 aromatic rings. The Bertz CT molecular complexity index is 447. The highest BCUT2D eigenvalue weighted by Gasteiger charge is 2.08. The molecule has 0 aliphatic heterocycles. The monoisotopic (exact) mass is 281 g/mol. The van der Waals surface area contributed by atoms with Gasteiger partial charge in [-0.3, -0.25) is 4.79 Å². The summed E-state index contributed by atoms with van der Waals surface area (Å²) >= 11 is 0. The second-order valence-electron chi connectivity index (χ2n) is 4.98. The van der Waals surface area contributed by atoms with E-state index in [0.717, 1.165) is 0 Å². The van der Waals surface area contributed by atoms with E-state index in [2.05, 4.69) is 30.9 Å². The molecule has 0 spiro atoms. The number of carbonyl (C=O) groups excluding carboxylic acids is 1. The Morgan fingerprint density at radius 2 is 1.85 bits per heavy atom. The van der Waals surface area contributed by atoms with Crippen LogP contribution in [0.25, 0.3) is 0 Å². The van der Waals surface area contributed by atoms with Crippen LogP contribution in [0.5, 0.6) is 0 Å². The summed E-state index contributed by atoms with van der Waals surface area (Å²) < 4.78 is 0. The van der Waals surface area contributed by atoms with Gasteiger partial charge in [-0.25, -0.2) is 0 Å². The van der Waals surface area contributed by atoms with E-state index in [0.29, 0.717) is 30.3 Å². The fraction of sp³-hybridized carbons (Fsp3) is 0.667. The molecule has 0 saturated carbocycles. The molecule has 1 heterocycles. The van der Waals surface area contributed by atoms with Crippen molar-refractivity contribution < 1.29 is 4.79 Å². The SMILES string of the molecule is CNc1nc(NCC(=O)NCC(C)C)nc(N(C)C)n1. The minimum atomic E-state index is -0.0866. The average molecular weight is 281 g/mol. The number of hydrogen-bond donors (Lipinski definition) is 3. The third kappa shape index (κ3) is 5.25. The van der Waals surface area contributed by atoms with Crippen LogP contribution in [-0.4, -0.2) is 55.1 Å². The van der Waals surface area contributed by atoms with Gasteiger partial charge in [-0.05, 0) is 5.92 Å². The van der Waals surface area contributed by atoms with Crippen molar-refractivity contribution in [1.82, 2.24) is 20.3 Å². The van der Waals surface area contributed by atoms with Crippen molar-refractivity contribution in [1.29, 1.82) is 0 Å². The van der Waals surface area contributed by atoms with Crippen molar-refractivity contribution >= 4 is 23.8 Å². The van der Waals surface area contributed by atoms with Gasteiger partial charge < -0.3 is 20.9 Å². The molecule has 0 fully saturated rings. The molecule has 0 aliphatic carbocycles. The number of nitrogens with one attached hydrogen (secondary N) is 3. The van der Waals surface area contributed by atoms with Gasteiger partial charge in [0.1, 0.15) is 0 Å². The second kappa shape index (κ2) is 7.46. The van der Waals surface area contributed by atoms with Gasteiger partial charge in [0, 0.05) is 27.7 Å². The zero-order valence-corrected chi connectivity index (χ0v) is 12.7. The summed E-state index contributed by atoms with van der Waals surface area (Å²) in [6.45, 7) is 4.87. The topological polar surface area (TPSA) is 95.1 Å². The Morgan fingerprint density at radius 1 is 1.20 bits per heavy atom. The lowest BCUT2D eigenvalue weighted by Gasteiger charge is -2.13. The molecule has 0 bridgehead atoms. The predicted molar refractivity (Wildman–Crippen MR) is 80.0 cm³/mol. The van der Waals surface area contributed by atoms with Gasteiger partial charge in [0.2, 0.25) is 23.8 Å². The first-order valence-corrected chi connectivity index (χ1v) is 6.54. The highest BCUT2D eigenvalue weighted by Crippen LogP contribution is 2.10. The lowest BCUT2D eigenvalue weighted by Crippen LogP contribution is -2.33. The van der Waals surface area contributed by atoms with E-state index in [1.807, 2.05) is 27.9 Å². The molecule has 0 radical (unpaired) electrons. The second-order valence-corrected chi connectivity index (χ2v) is 4.98. The number of hydrogen-bond acceptors (Lipinski definition) is 7. The number of nitrogens with zero attached hydrogens (tertiary/aromatic N) is 4. The summed E-state index contributed by atoms with van der Waals surface area (Å²) in [5, 5.41) is 8.58. The van der Waals surface area contributed by atoms with E-state index in [1.165, 1.54) is 0 Å². The molecule has 0 unspecified atom stereocenters. The third-order valence-corrected chi connectivity index (χ3v) is 2.36. The number of amides is 1. The first kappa shape index (κ1) is 15.9. The summed E-state index contributed by atoms with van der Waals surface area (Å²) in [5.74, 6) is 1.68. The molecule has 20 heavy (non-hydrogen) atoms. The Hall–Kier alpha value is -2.12. The zero-order chi connectivity index (χ0) is 15.1. The van der Waals surface area contributed by atoms with Crippen LogP contribution in [0.3, 0.4) is 0 Å². The van der Waals surface area contributed by atoms with Crippen LogP contribution in [0, 0.1) is 5.92 Å². The van der Waals surface area contributed by atoms with Crippen LogP contribution in [0.1, 0.15) is 13.8 Å². The molecule has 1 amide bonds. The van der Waals surface area contributed by atoms with Crippen LogP contribution in [0.2, 0.25) is 0 Å². The summed E-state index contributed by atoms with van der Waals surface area (Å²) in [7, 11) is 5.41. The van der Waals surface area contributed by atoms with Gasteiger partial charge in [-0.15, -0.1) is 0 Å². The van der Waals surface area contributed by atoms with Crippen LogP contribution in [0.4, 0.5) is 17.8 Å². The largest absolute Gasteiger partial charge is 0.357 e. The van der Waals surface area contributed by atoms with Crippen molar-refractivity contribution in [2.45, 2.75) is 13.8 Å². The molecule has 3 N–H and O–H groups in total. The number of carbonyl (C=O) groups is 1. The standard InChI is InChI=1S/C12H23N7O/c1-8(2)6-14-9(20)7-15-11-16-10(13-3)17-12(18-11)19(4)5/h8H,6-7H2,1-5H3,(H,14,20)(H2,13,15,16,17,18). The molecule has 112 valence electrons. The first-order valence-electron chi connectivity index (χ1n) is 6.54. The lowest BCUT2D eigenvalue weighted by molar-refractivity contribution is -0.119. The van der Waals surface area contributed by atoms with Crippen molar-refractivity contribution in [2.24, 2.45) is 5.92 Å². The molecule has 0 atom stereocenters. The van der Waals surface area contributed by atoms with Gasteiger partial charge in [-0.1, -0.05) is 13.8 Å². The maximum absolute atomic E-state index is 11.6. The normalized spacial score (nSPS) is 10.3. The molecule has 0 saturated heterocycles. The van der Waals surface area contributed by atoms with Crippen molar-refractivity contribution in [3.8, 4) is 0 Å². The molecule has 8 heteroatoms. The maximum Gasteiger partial charge on any atom is 0.239 e. The summed E-state index contributed by atoms with van der Waals surface area (Å²) in [6.07, 6.45) is 0. The minimum Gasteiger partial charge on any atom is -0.357 e. The number of rotatable bonds is 7. The highest BCUT2D eigenvalue weighted by molar-refractivity contribution is 5.80. The quantitative estimate of drug-likeness (QED) is 0.655. The Labute approximate surface area is 119 Å². The molecule has 8 nitrogen and oxygen atoms in total. The summed E-state index contributed by atoms with van der Waals surface area (Å²) in [5.41, 5.74) is 0. The Morgan fingerprint density at radius 3 is 2.40 bits per heavy atom. The third-order valence-electron chi connectivity index (χ3n) is 2.36. The van der Waals surface area contributed by atoms with Crippen molar-refractivity contribution in [3.05, 3.63) is 0 Å². The van der Waals surface area contributed by atoms with E-state index in [4.69, 9.17) is 0 Å². The summed E-state index contributed by atoms with van der Waals surface area (Å²) in [4.78, 5) is 26.0. The fourth-order valence-corrected chi connectivity index (χ4v) is 1.30. The smallest absolute Gasteiger partial charge is 0.239 e. The molecular weight excluding hydrogens is 258 g/mol. The zero-order valence-electron chi connectivity index (χ0n) is 12.7. The van der Waals surface area contributed by atoms with Gasteiger partial charge in [0.25, 0.3) is 0 Å². The molecule has 1 rings (SSSR count). The lowest BCUT2D eigenvalue weighted by atomic mass is 10.2. The van der Waals surface area contributed by atoms with E-state index in [9.17, 15) is 4.79 Å². The molecule has 1 aromatic heterocycles. The predicted octanol–water partition coefficient (Wildman–Crippen LogP) is 0.163. The van der Waals surface area contributed by atoms with Gasteiger partial charge >= 0.3 is 0 Å². The van der Waals surface area contributed by atoms with Crippen LogP contribution in [0.15, 0.2) is 0 Å². The van der Waals surface area contributed by atoms with E-state index >= 15 is 0 Å². The fourth-order valence-electron chi connectivity index (χ4n) is 1.30. The number of anilines is 3. The van der Waals surface area contributed by atoms with Crippen LogP contribution >= 0.6 is 0 Å². The van der Waals surface area contributed by atoms with Crippen molar-refractivity contribution in [2.75, 3.05) is 49.8 Å². The minimum absolute atomic E-state index is 0.0866. The maximum atomic E-state index is 11.6. The van der Waals surface area contributed by atoms with Crippen molar-refractivity contribution in [3.63, 3.8) is 0 Å². The molecule has 0 aromatic carbocycles. The van der Waals surface area contributed by atoms with Gasteiger partial charge in [0.05, 0.1) is 6.54 Å². The Kier molecular flexibility index (Phi) is 5.95. The Balaban J connectivity index is 2.63. The number of aromatic nitrogens is 3. The van der Waals surface area contributed by atoms with E-state index in [-0.39, 0.29) is 12.5 Å².